The number of nitrogens with one attached hydrogen (secondary N) is 2. The molecular weight excluding hydrogens is 280 g/mol. The Bertz CT molecular complexity index is 639. The van der Waals surface area contributed by atoms with Crippen LogP contribution in [0.4, 0.5) is 10.5 Å². The van der Waals surface area contributed by atoms with Crippen molar-refractivity contribution in [1.29, 1.82) is 0 Å². The number of hydrogen-bond donors (Lipinski definition) is 2. The molecule has 2 aromatic carbocycles. The lowest BCUT2D eigenvalue weighted by Crippen LogP contribution is -2.32. The second-order valence-electron chi connectivity index (χ2n) is 4.85. The van der Waals surface area contributed by atoms with Crippen molar-refractivity contribution in [3.63, 3.8) is 0 Å². The number of aryl methyl sites for hydroxylation is 1. The van der Waals surface area contributed by atoms with Crippen molar-refractivity contribution >= 4 is 11.7 Å². The Labute approximate surface area is 130 Å². The molecule has 0 aromatic heterocycles. The number of hydrogen-bond acceptors (Lipinski definition) is 3. The number of methoxy groups -OCH3 is 1. The minimum absolute atomic E-state index is 0.103. The van der Waals surface area contributed by atoms with E-state index >= 15 is 0 Å². The maximum atomic E-state index is 11.8. The summed E-state index contributed by atoms with van der Waals surface area (Å²) in [6.45, 7) is 4.11. The second kappa shape index (κ2) is 7.36. The summed E-state index contributed by atoms with van der Waals surface area (Å²) < 4.78 is 10.6. The smallest absolute Gasteiger partial charge is 0.321 e. The maximum Gasteiger partial charge on any atom is 0.321 e. The lowest BCUT2D eigenvalue weighted by atomic mass is 10.1. The normalized spacial score (nSPS) is 9.95. The van der Waals surface area contributed by atoms with Crippen LogP contribution < -0.4 is 20.1 Å². The monoisotopic (exact) mass is 300 g/mol. The summed E-state index contributed by atoms with van der Waals surface area (Å²) in [5, 5.41) is 5.37. The molecule has 22 heavy (non-hydrogen) atoms. The SMILES string of the molecule is COc1ccc(NC(=O)NCOc2cccc(C)c2C)cc1. The summed E-state index contributed by atoms with van der Waals surface area (Å²) in [7, 11) is 1.60. The number of anilines is 1. The van der Waals surface area contributed by atoms with Crippen LogP contribution in [0, 0.1) is 13.8 Å². The molecule has 0 aliphatic rings. The van der Waals surface area contributed by atoms with Gasteiger partial charge in [-0.1, -0.05) is 12.1 Å². The van der Waals surface area contributed by atoms with E-state index in [1.807, 2.05) is 32.0 Å². The Balaban J connectivity index is 1.81. The molecule has 116 valence electrons. The van der Waals surface area contributed by atoms with Crippen LogP contribution >= 0.6 is 0 Å². The number of carbonyl (C=O) groups is 1. The first-order valence-corrected chi connectivity index (χ1v) is 6.98. The summed E-state index contributed by atoms with van der Waals surface area (Å²) >= 11 is 0. The highest BCUT2D eigenvalue weighted by molar-refractivity contribution is 5.89. The van der Waals surface area contributed by atoms with Crippen LogP contribution in [0.5, 0.6) is 11.5 Å². The van der Waals surface area contributed by atoms with Gasteiger partial charge in [0.25, 0.3) is 0 Å². The highest BCUT2D eigenvalue weighted by atomic mass is 16.5. The number of rotatable bonds is 5. The second-order valence-corrected chi connectivity index (χ2v) is 4.85. The first-order valence-electron chi connectivity index (χ1n) is 6.98. The van der Waals surface area contributed by atoms with Crippen molar-refractivity contribution in [3.8, 4) is 11.5 Å². The van der Waals surface area contributed by atoms with Crippen molar-refractivity contribution in [1.82, 2.24) is 5.32 Å². The Kier molecular flexibility index (Phi) is 5.25. The fourth-order valence-corrected chi connectivity index (χ4v) is 1.91. The summed E-state index contributed by atoms with van der Waals surface area (Å²) in [5.74, 6) is 1.51. The van der Waals surface area contributed by atoms with E-state index in [1.54, 1.807) is 31.4 Å². The molecule has 0 saturated carbocycles. The molecule has 5 heteroatoms. The van der Waals surface area contributed by atoms with Crippen molar-refractivity contribution in [2.75, 3.05) is 19.2 Å². The molecule has 2 N–H and O–H groups in total. The molecule has 2 rings (SSSR count). The highest BCUT2D eigenvalue weighted by Crippen LogP contribution is 2.20. The quantitative estimate of drug-likeness (QED) is 0.831. The number of carbonyl (C=O) groups excluding carboxylic acids is 1. The average molecular weight is 300 g/mol. The fourth-order valence-electron chi connectivity index (χ4n) is 1.91. The predicted octanol–water partition coefficient (Wildman–Crippen LogP) is 3.47. The molecule has 0 aliphatic heterocycles. The summed E-state index contributed by atoms with van der Waals surface area (Å²) in [6.07, 6.45) is 0. The molecule has 0 unspecified atom stereocenters. The Morgan fingerprint density at radius 3 is 2.50 bits per heavy atom. The third kappa shape index (κ3) is 4.15. The topological polar surface area (TPSA) is 59.6 Å². The van der Waals surface area contributed by atoms with Crippen LogP contribution in [0.25, 0.3) is 0 Å². The van der Waals surface area contributed by atoms with Crippen molar-refractivity contribution in [3.05, 3.63) is 53.6 Å². The van der Waals surface area contributed by atoms with Crippen LogP contribution in [-0.4, -0.2) is 19.9 Å². The van der Waals surface area contributed by atoms with Gasteiger partial charge in [-0.15, -0.1) is 0 Å². The predicted molar refractivity (Wildman–Crippen MR) is 86.6 cm³/mol. The third-order valence-corrected chi connectivity index (χ3v) is 3.36. The number of ether oxygens (including phenoxy) is 2. The van der Waals surface area contributed by atoms with Gasteiger partial charge in [0.2, 0.25) is 0 Å². The van der Waals surface area contributed by atoms with Crippen LogP contribution in [0.3, 0.4) is 0 Å². The molecule has 0 bridgehead atoms. The van der Waals surface area contributed by atoms with Gasteiger partial charge in [-0.3, -0.25) is 0 Å². The van der Waals surface area contributed by atoms with Crippen LogP contribution in [-0.2, 0) is 0 Å². The van der Waals surface area contributed by atoms with Gasteiger partial charge >= 0.3 is 6.03 Å². The molecule has 0 spiro atoms. The van der Waals surface area contributed by atoms with Crippen molar-refractivity contribution in [2.45, 2.75) is 13.8 Å². The summed E-state index contributed by atoms with van der Waals surface area (Å²) in [4.78, 5) is 11.8. The highest BCUT2D eigenvalue weighted by Gasteiger charge is 2.04. The summed E-state index contributed by atoms with van der Waals surface area (Å²) in [6, 6.07) is 12.6. The van der Waals surface area contributed by atoms with E-state index in [-0.39, 0.29) is 12.8 Å². The molecule has 2 aromatic rings. The molecule has 0 fully saturated rings. The van der Waals surface area contributed by atoms with E-state index in [4.69, 9.17) is 9.47 Å². The molecule has 0 atom stereocenters. The van der Waals surface area contributed by atoms with Crippen LogP contribution in [0.15, 0.2) is 42.5 Å². The van der Waals surface area contributed by atoms with Gasteiger partial charge in [-0.2, -0.15) is 0 Å². The van der Waals surface area contributed by atoms with Gasteiger partial charge in [-0.25, -0.2) is 4.79 Å². The van der Waals surface area contributed by atoms with Gasteiger partial charge in [0.1, 0.15) is 11.5 Å². The zero-order valence-corrected chi connectivity index (χ0v) is 13.0. The fraction of sp³-hybridized carbons (Fsp3) is 0.235. The van der Waals surface area contributed by atoms with E-state index in [0.29, 0.717) is 5.69 Å². The van der Waals surface area contributed by atoms with Crippen molar-refractivity contribution in [2.24, 2.45) is 0 Å². The number of urea groups is 1. The van der Waals surface area contributed by atoms with Gasteiger partial charge in [0, 0.05) is 5.69 Å². The maximum absolute atomic E-state index is 11.8. The van der Waals surface area contributed by atoms with Crippen LogP contribution in [0.2, 0.25) is 0 Å². The van der Waals surface area contributed by atoms with Gasteiger partial charge in [0.15, 0.2) is 6.73 Å². The van der Waals surface area contributed by atoms with Gasteiger partial charge < -0.3 is 20.1 Å². The van der Waals surface area contributed by atoms with E-state index in [1.165, 1.54) is 0 Å². The lowest BCUT2D eigenvalue weighted by Gasteiger charge is -2.12. The molecular formula is C17H20N2O3. The Morgan fingerprint density at radius 1 is 1.09 bits per heavy atom. The molecule has 0 saturated heterocycles. The van der Waals surface area contributed by atoms with Gasteiger partial charge in [-0.05, 0) is 55.3 Å². The van der Waals surface area contributed by atoms with E-state index in [9.17, 15) is 4.79 Å². The Morgan fingerprint density at radius 2 is 1.82 bits per heavy atom. The molecule has 0 radical (unpaired) electrons. The molecule has 0 heterocycles. The molecule has 5 nitrogen and oxygen atoms in total. The molecule has 0 aliphatic carbocycles. The van der Waals surface area contributed by atoms with E-state index in [2.05, 4.69) is 10.6 Å². The summed E-state index contributed by atoms with van der Waals surface area (Å²) in [5.41, 5.74) is 2.91. The average Bonchev–Trinajstić information content (AvgIpc) is 2.52. The van der Waals surface area contributed by atoms with Gasteiger partial charge in [0.05, 0.1) is 7.11 Å². The first kappa shape index (κ1) is 15.7. The lowest BCUT2D eigenvalue weighted by molar-refractivity contribution is 0.234. The largest absolute Gasteiger partial charge is 0.497 e. The zero-order valence-electron chi connectivity index (χ0n) is 13.0. The van der Waals surface area contributed by atoms with E-state index < -0.39 is 0 Å². The minimum atomic E-state index is -0.324. The number of amides is 2. The van der Waals surface area contributed by atoms with Crippen molar-refractivity contribution < 1.29 is 14.3 Å². The number of benzene rings is 2. The van der Waals surface area contributed by atoms with E-state index in [0.717, 1.165) is 22.6 Å². The first-order chi connectivity index (χ1) is 10.6. The zero-order chi connectivity index (χ0) is 15.9. The van der Waals surface area contributed by atoms with Crippen LogP contribution in [0.1, 0.15) is 11.1 Å². The third-order valence-electron chi connectivity index (χ3n) is 3.36. The Hall–Kier alpha value is -2.69. The standard InChI is InChI=1S/C17H20N2O3/c1-12-5-4-6-16(13(12)2)22-11-18-17(20)19-14-7-9-15(21-3)10-8-14/h4-10H,11H2,1-3H3,(H2,18,19,20). The minimum Gasteiger partial charge on any atom is -0.497 e. The molecule has 2 amide bonds.